The van der Waals surface area contributed by atoms with Crippen molar-refractivity contribution in [3.8, 4) is 11.6 Å². The molecule has 0 saturated heterocycles. The lowest BCUT2D eigenvalue weighted by Gasteiger charge is -2.38. The van der Waals surface area contributed by atoms with Crippen LogP contribution in [0.1, 0.15) is 34.8 Å². The molecule has 0 spiro atoms. The molecule has 1 atom stereocenters. The van der Waals surface area contributed by atoms with E-state index in [9.17, 15) is 9.90 Å². The number of benzene rings is 1. The molecular weight excluding hydrogens is 320 g/mol. The molecule has 0 bridgehead atoms. The van der Waals surface area contributed by atoms with E-state index in [1.54, 1.807) is 50.7 Å². The molecule has 3 rings (SSSR count). The molecule has 1 heterocycles. The first kappa shape index (κ1) is 17.2. The van der Waals surface area contributed by atoms with Gasteiger partial charge in [-0.3, -0.25) is 4.79 Å². The van der Waals surface area contributed by atoms with Gasteiger partial charge in [-0.25, -0.2) is 4.98 Å². The maximum absolute atomic E-state index is 12.7. The third-order valence-corrected chi connectivity index (χ3v) is 4.57. The quantitative estimate of drug-likeness (QED) is 0.842. The van der Waals surface area contributed by atoms with Crippen LogP contribution in [0.4, 0.5) is 0 Å². The van der Waals surface area contributed by atoms with Gasteiger partial charge in [0.1, 0.15) is 5.75 Å². The van der Waals surface area contributed by atoms with Gasteiger partial charge in [-0.2, -0.15) is 0 Å². The Morgan fingerprint density at radius 1 is 1.24 bits per heavy atom. The number of aromatic nitrogens is 1. The van der Waals surface area contributed by atoms with Crippen molar-refractivity contribution in [3.63, 3.8) is 0 Å². The summed E-state index contributed by atoms with van der Waals surface area (Å²) in [6.07, 6.45) is 2.73. The first-order valence-electron chi connectivity index (χ1n) is 8.23. The summed E-state index contributed by atoms with van der Waals surface area (Å²) in [7, 11) is 3.13. The van der Waals surface area contributed by atoms with Gasteiger partial charge in [-0.05, 0) is 42.5 Å². The summed E-state index contributed by atoms with van der Waals surface area (Å²) in [5.74, 6) is 1.16. The molecule has 1 amide bonds. The average Bonchev–Trinajstić information content (AvgIpc) is 2.64. The van der Waals surface area contributed by atoms with Crippen LogP contribution in [0.15, 0.2) is 42.6 Å². The number of amides is 1. The van der Waals surface area contributed by atoms with E-state index in [2.05, 4.69) is 10.3 Å². The number of hydrogen-bond donors (Lipinski definition) is 2. The molecule has 0 unspecified atom stereocenters. The standard InChI is InChI=1S/C19H22N2O4/c1-24-16-5-3-4-12(10-16)19(23)21-18(14-8-15(22)9-14)13-6-7-17(25-2)20-11-13/h3-7,10-11,14-15,18,22H,8-9H2,1-2H3,(H,21,23)/t14?,15?,18-/m0/s1. The summed E-state index contributed by atoms with van der Waals surface area (Å²) >= 11 is 0. The molecule has 2 N–H and O–H groups in total. The molecule has 1 aliphatic carbocycles. The van der Waals surface area contributed by atoms with Crippen LogP contribution in [-0.2, 0) is 0 Å². The van der Waals surface area contributed by atoms with E-state index in [1.165, 1.54) is 0 Å². The number of carbonyl (C=O) groups is 1. The van der Waals surface area contributed by atoms with Crippen LogP contribution in [0, 0.1) is 5.92 Å². The van der Waals surface area contributed by atoms with Crippen LogP contribution in [0.25, 0.3) is 0 Å². The Kier molecular flexibility index (Phi) is 5.19. The third kappa shape index (κ3) is 3.91. The Hall–Kier alpha value is -2.60. The highest BCUT2D eigenvalue weighted by atomic mass is 16.5. The lowest BCUT2D eigenvalue weighted by molar-refractivity contribution is 0.0234. The Balaban J connectivity index is 1.80. The Labute approximate surface area is 146 Å². The van der Waals surface area contributed by atoms with Crippen molar-refractivity contribution in [2.24, 2.45) is 5.92 Å². The molecule has 1 aliphatic rings. The van der Waals surface area contributed by atoms with Crippen molar-refractivity contribution in [2.75, 3.05) is 14.2 Å². The molecule has 1 aromatic heterocycles. The van der Waals surface area contributed by atoms with Gasteiger partial charge in [-0.1, -0.05) is 12.1 Å². The predicted molar refractivity (Wildman–Crippen MR) is 92.7 cm³/mol. The van der Waals surface area contributed by atoms with E-state index < -0.39 is 0 Å². The fourth-order valence-electron chi connectivity index (χ4n) is 3.06. The van der Waals surface area contributed by atoms with Crippen LogP contribution < -0.4 is 14.8 Å². The smallest absolute Gasteiger partial charge is 0.251 e. The van der Waals surface area contributed by atoms with E-state index in [-0.39, 0.29) is 24.0 Å². The van der Waals surface area contributed by atoms with Crippen LogP contribution >= 0.6 is 0 Å². The van der Waals surface area contributed by atoms with Crippen LogP contribution in [0.5, 0.6) is 11.6 Å². The first-order chi connectivity index (χ1) is 12.1. The normalized spacial score (nSPS) is 20.3. The number of aliphatic hydroxyl groups is 1. The van der Waals surface area contributed by atoms with Crippen molar-refractivity contribution in [3.05, 3.63) is 53.7 Å². The summed E-state index contributed by atoms with van der Waals surface area (Å²) in [4.78, 5) is 16.9. The molecule has 0 radical (unpaired) electrons. The summed E-state index contributed by atoms with van der Waals surface area (Å²) in [6.45, 7) is 0. The molecule has 132 valence electrons. The average molecular weight is 342 g/mol. The number of nitrogens with zero attached hydrogens (tertiary/aromatic N) is 1. The number of rotatable bonds is 6. The number of aliphatic hydroxyl groups excluding tert-OH is 1. The van der Waals surface area contributed by atoms with E-state index in [0.717, 1.165) is 5.56 Å². The largest absolute Gasteiger partial charge is 0.497 e. The highest BCUT2D eigenvalue weighted by Crippen LogP contribution is 2.38. The van der Waals surface area contributed by atoms with Gasteiger partial charge in [0.05, 0.1) is 26.4 Å². The highest BCUT2D eigenvalue weighted by Gasteiger charge is 2.36. The molecule has 6 heteroatoms. The number of pyridine rings is 1. The topological polar surface area (TPSA) is 80.7 Å². The number of methoxy groups -OCH3 is 2. The van der Waals surface area contributed by atoms with Crippen molar-refractivity contribution in [2.45, 2.75) is 25.0 Å². The third-order valence-electron chi connectivity index (χ3n) is 4.57. The summed E-state index contributed by atoms with van der Waals surface area (Å²) in [6, 6.07) is 10.5. The molecule has 1 aromatic carbocycles. The summed E-state index contributed by atoms with van der Waals surface area (Å²) in [5.41, 5.74) is 1.43. The van der Waals surface area contributed by atoms with Crippen LogP contribution in [0.2, 0.25) is 0 Å². The second-order valence-corrected chi connectivity index (χ2v) is 6.20. The Morgan fingerprint density at radius 2 is 2.04 bits per heavy atom. The van der Waals surface area contributed by atoms with E-state index in [4.69, 9.17) is 9.47 Å². The van der Waals surface area contributed by atoms with E-state index >= 15 is 0 Å². The minimum absolute atomic E-state index is 0.180. The van der Waals surface area contributed by atoms with Crippen molar-refractivity contribution < 1.29 is 19.4 Å². The van der Waals surface area contributed by atoms with Crippen molar-refractivity contribution in [1.29, 1.82) is 0 Å². The van der Waals surface area contributed by atoms with Gasteiger partial charge in [0.2, 0.25) is 5.88 Å². The molecule has 6 nitrogen and oxygen atoms in total. The lowest BCUT2D eigenvalue weighted by Crippen LogP contribution is -2.41. The molecule has 1 saturated carbocycles. The zero-order chi connectivity index (χ0) is 17.8. The van der Waals surface area contributed by atoms with Crippen molar-refractivity contribution in [1.82, 2.24) is 10.3 Å². The van der Waals surface area contributed by atoms with Gasteiger partial charge in [0.25, 0.3) is 5.91 Å². The zero-order valence-corrected chi connectivity index (χ0v) is 14.3. The Morgan fingerprint density at radius 3 is 2.64 bits per heavy atom. The number of carbonyl (C=O) groups excluding carboxylic acids is 1. The van der Waals surface area contributed by atoms with E-state index in [1.807, 2.05) is 6.07 Å². The molecular formula is C19H22N2O4. The number of nitrogens with one attached hydrogen (secondary N) is 1. The minimum atomic E-state index is -0.299. The maximum Gasteiger partial charge on any atom is 0.251 e. The number of hydrogen-bond acceptors (Lipinski definition) is 5. The molecule has 1 fully saturated rings. The minimum Gasteiger partial charge on any atom is -0.497 e. The van der Waals surface area contributed by atoms with Gasteiger partial charge < -0.3 is 19.9 Å². The SMILES string of the molecule is COc1cccc(C(=O)N[C@@H](c2ccc(OC)nc2)C2CC(O)C2)c1. The summed E-state index contributed by atoms with van der Waals surface area (Å²) < 4.78 is 10.3. The van der Waals surface area contributed by atoms with Gasteiger partial charge in [0.15, 0.2) is 0 Å². The van der Waals surface area contributed by atoms with Crippen LogP contribution in [0.3, 0.4) is 0 Å². The lowest BCUT2D eigenvalue weighted by atomic mass is 9.75. The maximum atomic E-state index is 12.7. The molecule has 25 heavy (non-hydrogen) atoms. The zero-order valence-electron chi connectivity index (χ0n) is 14.3. The second kappa shape index (κ2) is 7.53. The monoisotopic (exact) mass is 342 g/mol. The van der Waals surface area contributed by atoms with Gasteiger partial charge in [0, 0.05) is 17.8 Å². The van der Waals surface area contributed by atoms with Gasteiger partial charge >= 0.3 is 0 Å². The first-order valence-corrected chi connectivity index (χ1v) is 8.23. The van der Waals surface area contributed by atoms with Gasteiger partial charge in [-0.15, -0.1) is 0 Å². The molecule has 2 aromatic rings. The van der Waals surface area contributed by atoms with Crippen molar-refractivity contribution >= 4 is 5.91 Å². The van der Waals surface area contributed by atoms with Crippen LogP contribution in [-0.4, -0.2) is 36.3 Å². The van der Waals surface area contributed by atoms with E-state index in [0.29, 0.717) is 30.0 Å². The second-order valence-electron chi connectivity index (χ2n) is 6.20. The summed E-state index contributed by atoms with van der Waals surface area (Å²) in [5, 5.41) is 12.7. The number of ether oxygens (including phenoxy) is 2. The Bertz CT molecular complexity index is 726. The fraction of sp³-hybridized carbons (Fsp3) is 0.368. The molecule has 0 aliphatic heterocycles. The predicted octanol–water partition coefficient (Wildman–Crippen LogP) is 2.34. The highest BCUT2D eigenvalue weighted by molar-refractivity contribution is 5.94. The fourth-order valence-corrected chi connectivity index (χ4v) is 3.06.